The van der Waals surface area contributed by atoms with Gasteiger partial charge >= 0.3 is 0 Å². The molecule has 1 aliphatic heterocycles. The van der Waals surface area contributed by atoms with E-state index in [0.717, 1.165) is 35.4 Å². The number of anilines is 1. The second-order valence-electron chi connectivity index (χ2n) is 4.60. The summed E-state index contributed by atoms with van der Waals surface area (Å²) in [7, 11) is 0. The fraction of sp³-hybridized carbons (Fsp3) is 0.385. The maximum absolute atomic E-state index is 6.21. The van der Waals surface area contributed by atoms with Gasteiger partial charge in [-0.2, -0.15) is 4.98 Å². The van der Waals surface area contributed by atoms with Crippen LogP contribution in [-0.4, -0.2) is 23.1 Å². The first-order chi connectivity index (χ1) is 8.66. The minimum atomic E-state index is 0.261. The van der Waals surface area contributed by atoms with E-state index in [-0.39, 0.29) is 5.28 Å². The average Bonchev–Trinajstić information content (AvgIpc) is 2.86. The second kappa shape index (κ2) is 4.56. The molecule has 3 nitrogen and oxygen atoms in total. The summed E-state index contributed by atoms with van der Waals surface area (Å²) in [5.74, 6) is 0.919. The standard InChI is InChI=1S/C13H13Cl2N3/c1-8-4-5-9(14)11-10(8)12(17-13(15)16-11)18-6-2-3-7-18/h4-5H,2-3,6-7H2,1H3. The lowest BCUT2D eigenvalue weighted by Crippen LogP contribution is -2.20. The molecule has 5 heteroatoms. The molecule has 2 aromatic rings. The predicted molar refractivity (Wildman–Crippen MR) is 75.7 cm³/mol. The summed E-state index contributed by atoms with van der Waals surface area (Å²) in [6.45, 7) is 4.10. The molecule has 0 unspecified atom stereocenters. The van der Waals surface area contributed by atoms with E-state index in [1.807, 2.05) is 12.1 Å². The van der Waals surface area contributed by atoms with Gasteiger partial charge in [0.2, 0.25) is 5.28 Å². The fourth-order valence-electron chi connectivity index (χ4n) is 2.48. The summed E-state index contributed by atoms with van der Waals surface area (Å²) < 4.78 is 0. The summed E-state index contributed by atoms with van der Waals surface area (Å²) in [6, 6.07) is 3.86. The molecular formula is C13H13Cl2N3. The van der Waals surface area contributed by atoms with Gasteiger partial charge < -0.3 is 4.90 Å². The lowest BCUT2D eigenvalue weighted by atomic mass is 10.1. The van der Waals surface area contributed by atoms with Crippen LogP contribution in [0.1, 0.15) is 18.4 Å². The minimum Gasteiger partial charge on any atom is -0.356 e. The third-order valence-electron chi connectivity index (χ3n) is 3.37. The van der Waals surface area contributed by atoms with Gasteiger partial charge in [0, 0.05) is 18.5 Å². The highest BCUT2D eigenvalue weighted by Crippen LogP contribution is 2.33. The third-order valence-corrected chi connectivity index (χ3v) is 3.84. The van der Waals surface area contributed by atoms with Crippen LogP contribution in [0.25, 0.3) is 10.9 Å². The first-order valence-electron chi connectivity index (χ1n) is 6.04. The molecule has 0 spiro atoms. The third kappa shape index (κ3) is 1.91. The van der Waals surface area contributed by atoms with E-state index < -0.39 is 0 Å². The molecular weight excluding hydrogens is 269 g/mol. The van der Waals surface area contributed by atoms with Crippen molar-refractivity contribution >= 4 is 39.9 Å². The normalized spacial score (nSPS) is 15.6. The Hall–Kier alpha value is -1.06. The zero-order valence-electron chi connectivity index (χ0n) is 10.1. The number of hydrogen-bond acceptors (Lipinski definition) is 3. The highest BCUT2D eigenvalue weighted by molar-refractivity contribution is 6.36. The number of fused-ring (bicyclic) bond motifs is 1. The molecule has 0 radical (unpaired) electrons. The lowest BCUT2D eigenvalue weighted by Gasteiger charge is -2.19. The van der Waals surface area contributed by atoms with Crippen LogP contribution in [0.15, 0.2) is 12.1 Å². The summed E-state index contributed by atoms with van der Waals surface area (Å²) in [6.07, 6.45) is 2.39. The van der Waals surface area contributed by atoms with Gasteiger partial charge in [-0.25, -0.2) is 4.98 Å². The van der Waals surface area contributed by atoms with Gasteiger partial charge in [-0.1, -0.05) is 17.7 Å². The predicted octanol–water partition coefficient (Wildman–Crippen LogP) is 3.85. The largest absolute Gasteiger partial charge is 0.356 e. The van der Waals surface area contributed by atoms with Crippen molar-refractivity contribution in [3.8, 4) is 0 Å². The van der Waals surface area contributed by atoms with Crippen molar-refractivity contribution in [2.24, 2.45) is 0 Å². The molecule has 94 valence electrons. The molecule has 1 aromatic carbocycles. The van der Waals surface area contributed by atoms with Gasteiger partial charge in [-0.3, -0.25) is 0 Å². The zero-order chi connectivity index (χ0) is 12.7. The van der Waals surface area contributed by atoms with Crippen molar-refractivity contribution in [1.82, 2.24) is 9.97 Å². The monoisotopic (exact) mass is 281 g/mol. The molecule has 0 amide bonds. The summed E-state index contributed by atoms with van der Waals surface area (Å²) >= 11 is 12.2. The Kier molecular flexibility index (Phi) is 3.04. The minimum absolute atomic E-state index is 0.261. The molecule has 18 heavy (non-hydrogen) atoms. The molecule has 0 atom stereocenters. The zero-order valence-corrected chi connectivity index (χ0v) is 11.6. The molecule has 2 heterocycles. The van der Waals surface area contributed by atoms with E-state index in [2.05, 4.69) is 21.8 Å². The molecule has 1 fully saturated rings. The quantitative estimate of drug-likeness (QED) is 0.744. The van der Waals surface area contributed by atoms with Gasteiger partial charge in [-0.15, -0.1) is 0 Å². The van der Waals surface area contributed by atoms with Crippen LogP contribution in [0, 0.1) is 6.92 Å². The second-order valence-corrected chi connectivity index (χ2v) is 5.34. The smallest absolute Gasteiger partial charge is 0.224 e. The van der Waals surface area contributed by atoms with E-state index in [0.29, 0.717) is 5.02 Å². The van der Waals surface area contributed by atoms with E-state index >= 15 is 0 Å². The Bertz CT molecular complexity index is 607. The Morgan fingerprint density at radius 2 is 1.83 bits per heavy atom. The number of benzene rings is 1. The number of nitrogens with zero attached hydrogens (tertiary/aromatic N) is 3. The van der Waals surface area contributed by atoms with Gasteiger partial charge in [0.15, 0.2) is 0 Å². The molecule has 0 N–H and O–H groups in total. The van der Waals surface area contributed by atoms with Crippen LogP contribution in [-0.2, 0) is 0 Å². The number of aromatic nitrogens is 2. The van der Waals surface area contributed by atoms with Gasteiger partial charge in [0.25, 0.3) is 0 Å². The molecule has 1 aromatic heterocycles. The SMILES string of the molecule is Cc1ccc(Cl)c2nc(Cl)nc(N3CCCC3)c12. The van der Waals surface area contributed by atoms with Crippen LogP contribution >= 0.6 is 23.2 Å². The van der Waals surface area contributed by atoms with Crippen molar-refractivity contribution in [1.29, 1.82) is 0 Å². The topological polar surface area (TPSA) is 29.0 Å². The molecule has 1 saturated heterocycles. The summed E-state index contributed by atoms with van der Waals surface area (Å²) in [5.41, 5.74) is 1.88. The van der Waals surface area contributed by atoms with Crippen molar-refractivity contribution in [3.05, 3.63) is 28.0 Å². The van der Waals surface area contributed by atoms with E-state index in [1.165, 1.54) is 12.8 Å². The van der Waals surface area contributed by atoms with E-state index in [4.69, 9.17) is 23.2 Å². The van der Waals surface area contributed by atoms with Crippen LogP contribution < -0.4 is 4.90 Å². The molecule has 0 saturated carbocycles. The van der Waals surface area contributed by atoms with Crippen LogP contribution in [0.2, 0.25) is 10.3 Å². The van der Waals surface area contributed by atoms with Crippen molar-refractivity contribution in [3.63, 3.8) is 0 Å². The first-order valence-corrected chi connectivity index (χ1v) is 6.80. The maximum atomic E-state index is 6.21. The van der Waals surface area contributed by atoms with Gasteiger partial charge in [-0.05, 0) is 43.0 Å². The Labute approximate surface area is 116 Å². The number of rotatable bonds is 1. The maximum Gasteiger partial charge on any atom is 0.224 e. The van der Waals surface area contributed by atoms with E-state index in [9.17, 15) is 0 Å². The first kappa shape index (κ1) is 12.0. The number of aryl methyl sites for hydroxylation is 1. The van der Waals surface area contributed by atoms with Crippen molar-refractivity contribution in [2.75, 3.05) is 18.0 Å². The molecule has 1 aliphatic rings. The molecule has 3 rings (SSSR count). The van der Waals surface area contributed by atoms with Crippen molar-refractivity contribution < 1.29 is 0 Å². The molecule has 0 aliphatic carbocycles. The summed E-state index contributed by atoms with van der Waals surface area (Å²) in [5, 5.41) is 1.91. The van der Waals surface area contributed by atoms with Gasteiger partial charge in [0.05, 0.1) is 10.5 Å². The van der Waals surface area contributed by atoms with Gasteiger partial charge in [0.1, 0.15) is 5.82 Å². The fourth-order valence-corrected chi connectivity index (χ4v) is 2.84. The number of hydrogen-bond donors (Lipinski definition) is 0. The van der Waals surface area contributed by atoms with E-state index in [1.54, 1.807) is 0 Å². The van der Waals surface area contributed by atoms with Crippen LogP contribution in [0.5, 0.6) is 0 Å². The highest BCUT2D eigenvalue weighted by Gasteiger charge is 2.19. The lowest BCUT2D eigenvalue weighted by molar-refractivity contribution is 0.938. The average molecular weight is 282 g/mol. The summed E-state index contributed by atoms with van der Waals surface area (Å²) in [4.78, 5) is 10.9. The highest BCUT2D eigenvalue weighted by atomic mass is 35.5. The van der Waals surface area contributed by atoms with Crippen LogP contribution in [0.4, 0.5) is 5.82 Å². The Balaban J connectivity index is 2.32. The Morgan fingerprint density at radius 1 is 1.11 bits per heavy atom. The van der Waals surface area contributed by atoms with Crippen molar-refractivity contribution in [2.45, 2.75) is 19.8 Å². The molecule has 0 bridgehead atoms. The van der Waals surface area contributed by atoms with Crippen LogP contribution in [0.3, 0.4) is 0 Å². The number of halogens is 2. The Morgan fingerprint density at radius 3 is 2.56 bits per heavy atom.